The van der Waals surface area contributed by atoms with Crippen LogP contribution < -0.4 is 0 Å². The summed E-state index contributed by atoms with van der Waals surface area (Å²) in [4.78, 5) is 12.5. The van der Waals surface area contributed by atoms with Crippen LogP contribution in [0, 0.1) is 5.92 Å². The second-order valence-electron chi connectivity index (χ2n) is 9.10. The molecule has 3 aliphatic rings. The molecule has 6 unspecified atom stereocenters. The summed E-state index contributed by atoms with van der Waals surface area (Å²) < 4.78 is 23.9. The van der Waals surface area contributed by atoms with E-state index in [0.717, 1.165) is 31.4 Å². The minimum Gasteiger partial charge on any atom is -0.456 e. The van der Waals surface area contributed by atoms with Crippen LogP contribution >= 0.6 is 0 Å². The zero-order valence-electron chi connectivity index (χ0n) is 18.3. The van der Waals surface area contributed by atoms with Crippen molar-refractivity contribution in [2.24, 2.45) is 5.92 Å². The normalized spacial score (nSPS) is 37.2. The van der Waals surface area contributed by atoms with E-state index in [2.05, 4.69) is 26.8 Å². The lowest BCUT2D eigenvalue weighted by atomic mass is 9.68. The Hall–Kier alpha value is -1.95. The largest absolute Gasteiger partial charge is 0.456 e. The van der Waals surface area contributed by atoms with Crippen LogP contribution in [0.15, 0.2) is 48.1 Å². The highest BCUT2D eigenvalue weighted by Crippen LogP contribution is 2.59. The molecule has 2 heterocycles. The van der Waals surface area contributed by atoms with E-state index in [9.17, 15) is 4.79 Å². The lowest BCUT2D eigenvalue weighted by Crippen LogP contribution is -2.55. The van der Waals surface area contributed by atoms with Crippen LogP contribution in [0.2, 0.25) is 0 Å². The first kappa shape index (κ1) is 21.3. The predicted octanol–water partition coefficient (Wildman–Crippen LogP) is 4.32. The average molecular weight is 413 g/mol. The van der Waals surface area contributed by atoms with Crippen molar-refractivity contribution in [1.82, 2.24) is 0 Å². The molecule has 1 aliphatic carbocycles. The maximum Gasteiger partial charge on any atom is 0.331 e. The third-order valence-corrected chi connectivity index (χ3v) is 6.72. The van der Waals surface area contributed by atoms with Crippen LogP contribution in [-0.4, -0.2) is 49.2 Å². The molecule has 0 amide bonds. The molecule has 3 fully saturated rings. The van der Waals surface area contributed by atoms with Crippen LogP contribution in [0.4, 0.5) is 0 Å². The number of methoxy groups -OCH3 is 1. The van der Waals surface area contributed by atoms with Crippen molar-refractivity contribution < 1.29 is 23.7 Å². The van der Waals surface area contributed by atoms with E-state index in [0.29, 0.717) is 0 Å². The molecule has 1 aromatic carbocycles. The third kappa shape index (κ3) is 4.25. The minimum atomic E-state index is -0.347. The summed E-state index contributed by atoms with van der Waals surface area (Å²) in [5, 5.41) is 0. The molecule has 1 aromatic rings. The Balaban J connectivity index is 1.46. The molecule has 1 saturated carbocycles. The fourth-order valence-corrected chi connectivity index (χ4v) is 4.99. The van der Waals surface area contributed by atoms with Crippen molar-refractivity contribution >= 4 is 12.0 Å². The molecule has 0 N–H and O–H groups in total. The topological polar surface area (TPSA) is 60.6 Å². The second kappa shape index (κ2) is 8.29. The fourth-order valence-electron chi connectivity index (χ4n) is 4.99. The van der Waals surface area contributed by atoms with Crippen LogP contribution in [0.5, 0.6) is 0 Å². The van der Waals surface area contributed by atoms with Crippen molar-refractivity contribution in [3.8, 4) is 0 Å². The second-order valence-corrected chi connectivity index (χ2v) is 9.10. The first-order valence-electron chi connectivity index (χ1n) is 10.8. The van der Waals surface area contributed by atoms with Crippen molar-refractivity contribution in [2.45, 2.75) is 69.5 Å². The summed E-state index contributed by atoms with van der Waals surface area (Å²) in [7, 11) is 1.69. The van der Waals surface area contributed by atoms with E-state index >= 15 is 0 Å². The van der Waals surface area contributed by atoms with Gasteiger partial charge in [0.25, 0.3) is 0 Å². The summed E-state index contributed by atoms with van der Waals surface area (Å²) in [6.07, 6.45) is 7.52. The molecule has 5 nitrogen and oxygen atoms in total. The van der Waals surface area contributed by atoms with Gasteiger partial charge in [-0.05, 0) is 51.7 Å². The van der Waals surface area contributed by atoms with Gasteiger partial charge in [-0.3, -0.25) is 0 Å². The molecule has 162 valence electrons. The van der Waals surface area contributed by atoms with E-state index in [1.165, 1.54) is 11.6 Å². The third-order valence-electron chi connectivity index (χ3n) is 6.72. The van der Waals surface area contributed by atoms with Gasteiger partial charge in [0.15, 0.2) is 0 Å². The number of esters is 1. The number of ether oxygens (including phenoxy) is 4. The highest BCUT2D eigenvalue weighted by molar-refractivity contribution is 5.87. The van der Waals surface area contributed by atoms with Gasteiger partial charge in [-0.25, -0.2) is 4.79 Å². The predicted molar refractivity (Wildman–Crippen MR) is 115 cm³/mol. The number of carbonyl (C=O) groups excluding carboxylic acids is 1. The van der Waals surface area contributed by atoms with Crippen molar-refractivity contribution in [1.29, 1.82) is 0 Å². The smallest absolute Gasteiger partial charge is 0.331 e. The lowest BCUT2D eigenvalue weighted by Gasteiger charge is -2.42. The summed E-state index contributed by atoms with van der Waals surface area (Å²) in [6, 6.07) is 9.72. The molecule has 6 atom stereocenters. The van der Waals surface area contributed by atoms with Crippen LogP contribution in [0.3, 0.4) is 0 Å². The molecule has 0 aromatic heterocycles. The molecule has 5 heteroatoms. The molecule has 0 bridgehead atoms. The van der Waals surface area contributed by atoms with E-state index in [-0.39, 0.29) is 41.4 Å². The first-order valence-corrected chi connectivity index (χ1v) is 10.8. The summed E-state index contributed by atoms with van der Waals surface area (Å²) in [5.41, 5.74) is 1.71. The van der Waals surface area contributed by atoms with Crippen LogP contribution in [0.1, 0.15) is 45.6 Å². The summed E-state index contributed by atoms with van der Waals surface area (Å²) in [6.45, 7) is 7.07. The van der Waals surface area contributed by atoms with E-state index in [1.54, 1.807) is 13.2 Å². The highest BCUT2D eigenvalue weighted by Gasteiger charge is 2.72. The molecule has 1 spiro atoms. The van der Waals surface area contributed by atoms with Gasteiger partial charge in [-0.1, -0.05) is 42.0 Å². The van der Waals surface area contributed by atoms with Crippen LogP contribution in [0.25, 0.3) is 6.08 Å². The Kier molecular flexibility index (Phi) is 5.88. The fraction of sp³-hybridized carbons (Fsp3) is 0.560. The first-order chi connectivity index (χ1) is 14.4. The Morgan fingerprint density at radius 3 is 2.63 bits per heavy atom. The van der Waals surface area contributed by atoms with Crippen molar-refractivity contribution in [2.75, 3.05) is 13.7 Å². The monoisotopic (exact) mass is 412 g/mol. The number of hydrogen-bond donors (Lipinski definition) is 0. The zero-order chi connectivity index (χ0) is 21.4. The molecule has 2 saturated heterocycles. The van der Waals surface area contributed by atoms with Crippen molar-refractivity contribution in [3.05, 3.63) is 53.6 Å². The number of allylic oxidation sites excluding steroid dienone is 1. The van der Waals surface area contributed by atoms with E-state index in [1.807, 2.05) is 30.3 Å². The van der Waals surface area contributed by atoms with E-state index < -0.39 is 0 Å². The maximum absolute atomic E-state index is 12.5. The van der Waals surface area contributed by atoms with Gasteiger partial charge < -0.3 is 18.9 Å². The average Bonchev–Trinajstić information content (AvgIpc) is 3.64. The van der Waals surface area contributed by atoms with Gasteiger partial charge >= 0.3 is 5.97 Å². The molecular formula is C25H32O5. The van der Waals surface area contributed by atoms with E-state index in [4.69, 9.17) is 18.9 Å². The Morgan fingerprint density at radius 1 is 1.27 bits per heavy atom. The number of epoxide rings is 2. The molecular weight excluding hydrogens is 380 g/mol. The molecule has 4 rings (SSSR count). The van der Waals surface area contributed by atoms with Gasteiger partial charge in [-0.2, -0.15) is 0 Å². The number of benzene rings is 1. The molecule has 2 aliphatic heterocycles. The number of rotatable bonds is 7. The minimum absolute atomic E-state index is 0.0372. The van der Waals surface area contributed by atoms with Gasteiger partial charge in [0, 0.05) is 13.2 Å². The van der Waals surface area contributed by atoms with Gasteiger partial charge in [0.05, 0.1) is 18.6 Å². The Morgan fingerprint density at radius 2 is 2.00 bits per heavy atom. The Bertz CT molecular complexity index is 821. The van der Waals surface area contributed by atoms with Crippen molar-refractivity contribution in [3.63, 3.8) is 0 Å². The quantitative estimate of drug-likeness (QED) is 0.289. The molecule has 30 heavy (non-hydrogen) atoms. The van der Waals surface area contributed by atoms with Gasteiger partial charge in [-0.15, -0.1) is 0 Å². The Labute approximate surface area is 179 Å². The SMILES string of the molecule is COC1C(OC(=O)C=Cc2ccccc2)CCC2(CO2)C1C1(C)OC1CC=C(C)C. The van der Waals surface area contributed by atoms with Gasteiger partial charge in [0.1, 0.15) is 23.4 Å². The lowest BCUT2D eigenvalue weighted by molar-refractivity contribution is -0.166. The number of carbonyl (C=O) groups is 1. The highest BCUT2D eigenvalue weighted by atomic mass is 16.6. The molecule has 0 radical (unpaired) electrons. The van der Waals surface area contributed by atoms with Gasteiger partial charge in [0.2, 0.25) is 0 Å². The summed E-state index contributed by atoms with van der Waals surface area (Å²) in [5.74, 6) is -0.310. The van der Waals surface area contributed by atoms with Crippen LogP contribution in [-0.2, 0) is 23.7 Å². The standard InChI is InChI=1S/C25H32O5/c1-17(2)10-12-20-24(3,30-20)23-22(27-4)19(14-15-25(23)16-28-25)29-21(26)13-11-18-8-6-5-7-9-18/h5-11,13,19-20,22-23H,12,14-16H2,1-4H3. The summed E-state index contributed by atoms with van der Waals surface area (Å²) >= 11 is 0. The zero-order valence-corrected chi connectivity index (χ0v) is 18.3. The maximum atomic E-state index is 12.5. The number of hydrogen-bond acceptors (Lipinski definition) is 5.